The summed E-state index contributed by atoms with van der Waals surface area (Å²) in [6.07, 6.45) is 3.76. The summed E-state index contributed by atoms with van der Waals surface area (Å²) < 4.78 is 1.82. The Hall–Kier alpha value is -2.85. The van der Waals surface area contributed by atoms with E-state index in [2.05, 4.69) is 15.4 Å². The molecule has 0 aliphatic heterocycles. The highest BCUT2D eigenvalue weighted by Gasteiger charge is 2.09. The van der Waals surface area contributed by atoms with Crippen molar-refractivity contribution in [1.82, 2.24) is 20.1 Å². The smallest absolute Gasteiger partial charge is 0.183 e. The molecule has 0 spiro atoms. The summed E-state index contributed by atoms with van der Waals surface area (Å²) in [7, 11) is 0. The molecule has 0 atom stereocenters. The molecule has 3 rings (SSSR count). The quantitative estimate of drug-likeness (QED) is 0.335. The maximum absolute atomic E-state index is 8.80. The van der Waals surface area contributed by atoms with Gasteiger partial charge in [-0.25, -0.2) is 14.7 Å². The van der Waals surface area contributed by atoms with Gasteiger partial charge in [-0.3, -0.25) is 5.32 Å². The van der Waals surface area contributed by atoms with Crippen LogP contribution in [0.4, 0.5) is 5.69 Å². The molecule has 1 aromatic carbocycles. The second-order valence-electron chi connectivity index (χ2n) is 5.22. The van der Waals surface area contributed by atoms with Gasteiger partial charge in [0.25, 0.3) is 0 Å². The molecule has 2 heterocycles. The van der Waals surface area contributed by atoms with E-state index in [-0.39, 0.29) is 0 Å². The van der Waals surface area contributed by atoms with Gasteiger partial charge in [0.2, 0.25) is 0 Å². The van der Waals surface area contributed by atoms with Crippen molar-refractivity contribution in [3.05, 3.63) is 47.8 Å². The molecular formula is C17H16N6S. The van der Waals surface area contributed by atoms with Crippen LogP contribution in [0.3, 0.4) is 0 Å². The lowest BCUT2D eigenvalue weighted by atomic mass is 10.2. The summed E-state index contributed by atoms with van der Waals surface area (Å²) in [5.74, 6) is 0.745. The highest BCUT2D eigenvalue weighted by atomic mass is 32.2. The number of aromatic nitrogens is 3. The number of aliphatic imine (C=N–C) groups is 1. The minimum absolute atomic E-state index is 0.531. The molecule has 3 aromatic rings. The van der Waals surface area contributed by atoms with Crippen LogP contribution in [-0.2, 0) is 0 Å². The van der Waals surface area contributed by atoms with Crippen LogP contribution in [0.5, 0.6) is 0 Å². The number of hydrogen-bond acceptors (Lipinski definition) is 5. The van der Waals surface area contributed by atoms with E-state index >= 15 is 0 Å². The van der Waals surface area contributed by atoms with Gasteiger partial charge in [0, 0.05) is 11.1 Å². The lowest BCUT2D eigenvalue weighted by Gasteiger charge is -2.07. The first kappa shape index (κ1) is 16.0. The molecule has 0 radical (unpaired) electrons. The maximum Gasteiger partial charge on any atom is 0.183 e. The molecule has 0 amide bonds. The van der Waals surface area contributed by atoms with Crippen molar-refractivity contribution >= 4 is 33.5 Å². The molecule has 0 bridgehead atoms. The van der Waals surface area contributed by atoms with Crippen LogP contribution in [0.1, 0.15) is 11.4 Å². The van der Waals surface area contributed by atoms with Crippen molar-refractivity contribution in [1.29, 1.82) is 5.26 Å². The third-order valence-corrected chi connectivity index (χ3v) is 4.07. The van der Waals surface area contributed by atoms with Gasteiger partial charge in [0.15, 0.2) is 17.2 Å². The number of amidine groups is 1. The highest BCUT2D eigenvalue weighted by Crippen LogP contribution is 2.26. The Balaban J connectivity index is 2.16. The zero-order valence-corrected chi connectivity index (χ0v) is 14.4. The number of nitrogens with zero attached hydrogens (tertiary/aromatic N) is 5. The molecule has 0 saturated heterocycles. The van der Waals surface area contributed by atoms with E-state index in [0.29, 0.717) is 10.9 Å². The molecule has 120 valence electrons. The topological polar surface area (TPSA) is 78.9 Å². The molecule has 6 nitrogen and oxygen atoms in total. The van der Waals surface area contributed by atoms with Gasteiger partial charge >= 0.3 is 0 Å². The number of para-hydroxylation sites is 1. The van der Waals surface area contributed by atoms with Crippen LogP contribution in [0.25, 0.3) is 16.7 Å². The normalized spacial score (nSPS) is 11.5. The largest absolute Gasteiger partial charge is 0.271 e. The van der Waals surface area contributed by atoms with E-state index < -0.39 is 0 Å². The second kappa shape index (κ2) is 6.72. The summed E-state index contributed by atoms with van der Waals surface area (Å²) in [6, 6.07) is 11.8. The minimum Gasteiger partial charge on any atom is -0.271 e. The standard InChI is InChI=1S/C17H16N6S/c1-11-9-12(2)23(22-11)15-8-7-13-5-4-6-14(16(13)21-15)20-17(24-3)19-10-18/h4-9H,1-3H3,(H,19,20). The summed E-state index contributed by atoms with van der Waals surface area (Å²) in [6.45, 7) is 3.96. The number of hydrogen-bond donors (Lipinski definition) is 1. The van der Waals surface area contributed by atoms with Crippen LogP contribution in [0.15, 0.2) is 41.4 Å². The lowest BCUT2D eigenvalue weighted by molar-refractivity contribution is 0.810. The third kappa shape index (κ3) is 3.09. The first-order chi connectivity index (χ1) is 11.6. The summed E-state index contributed by atoms with van der Waals surface area (Å²) in [5.41, 5.74) is 3.46. The monoisotopic (exact) mass is 336 g/mol. The van der Waals surface area contributed by atoms with Gasteiger partial charge < -0.3 is 0 Å². The van der Waals surface area contributed by atoms with Crippen molar-refractivity contribution in [2.75, 3.05) is 6.26 Å². The molecular weight excluding hydrogens is 320 g/mol. The lowest BCUT2D eigenvalue weighted by Crippen LogP contribution is -2.12. The second-order valence-corrected chi connectivity index (χ2v) is 6.01. The van der Waals surface area contributed by atoms with Crippen molar-refractivity contribution in [2.24, 2.45) is 4.99 Å². The SMILES string of the molecule is CSC(=Nc1cccc2ccc(-n3nc(C)cc3C)nc12)NC#N. The van der Waals surface area contributed by atoms with Gasteiger partial charge in [0.1, 0.15) is 0 Å². The minimum atomic E-state index is 0.531. The van der Waals surface area contributed by atoms with Crippen LogP contribution in [-0.4, -0.2) is 26.2 Å². The molecule has 0 fully saturated rings. The van der Waals surface area contributed by atoms with E-state index in [1.165, 1.54) is 11.8 Å². The Bertz CT molecular complexity index is 967. The van der Waals surface area contributed by atoms with Crippen LogP contribution in [0.2, 0.25) is 0 Å². The number of pyridine rings is 1. The fraction of sp³-hybridized carbons (Fsp3) is 0.176. The maximum atomic E-state index is 8.80. The molecule has 1 N–H and O–H groups in total. The number of aryl methyl sites for hydroxylation is 2. The Kier molecular flexibility index (Phi) is 4.49. The Morgan fingerprint density at radius 1 is 1.29 bits per heavy atom. The van der Waals surface area contributed by atoms with E-state index in [4.69, 9.17) is 10.2 Å². The van der Waals surface area contributed by atoms with E-state index in [1.807, 2.05) is 67.4 Å². The molecule has 24 heavy (non-hydrogen) atoms. The third-order valence-electron chi connectivity index (χ3n) is 3.49. The number of nitrogens with one attached hydrogen (secondary N) is 1. The first-order valence-corrected chi connectivity index (χ1v) is 8.56. The van der Waals surface area contributed by atoms with Gasteiger partial charge in [-0.05, 0) is 44.4 Å². The Morgan fingerprint density at radius 2 is 2.12 bits per heavy atom. The van der Waals surface area contributed by atoms with E-state index in [1.54, 1.807) is 0 Å². The predicted molar refractivity (Wildman–Crippen MR) is 97.7 cm³/mol. The molecule has 0 aliphatic carbocycles. The molecule has 2 aromatic heterocycles. The average molecular weight is 336 g/mol. The predicted octanol–water partition coefficient (Wildman–Crippen LogP) is 3.46. The van der Waals surface area contributed by atoms with Gasteiger partial charge in [-0.15, -0.1) is 0 Å². The van der Waals surface area contributed by atoms with Crippen molar-refractivity contribution in [3.63, 3.8) is 0 Å². The fourth-order valence-corrected chi connectivity index (χ4v) is 2.81. The molecule has 0 unspecified atom stereocenters. The summed E-state index contributed by atoms with van der Waals surface area (Å²) >= 11 is 1.38. The average Bonchev–Trinajstić information content (AvgIpc) is 2.92. The highest BCUT2D eigenvalue weighted by molar-refractivity contribution is 8.13. The van der Waals surface area contributed by atoms with Crippen molar-refractivity contribution < 1.29 is 0 Å². The van der Waals surface area contributed by atoms with Crippen molar-refractivity contribution in [2.45, 2.75) is 13.8 Å². The van der Waals surface area contributed by atoms with Crippen LogP contribution in [0, 0.1) is 25.3 Å². The van der Waals surface area contributed by atoms with Crippen LogP contribution < -0.4 is 5.32 Å². The Morgan fingerprint density at radius 3 is 2.79 bits per heavy atom. The Labute approximate surface area is 144 Å². The zero-order chi connectivity index (χ0) is 17.1. The molecule has 0 saturated carbocycles. The van der Waals surface area contributed by atoms with E-state index in [9.17, 15) is 0 Å². The molecule has 7 heteroatoms. The number of fused-ring (bicyclic) bond motifs is 1. The summed E-state index contributed by atoms with van der Waals surface area (Å²) in [5, 5.41) is 17.4. The zero-order valence-electron chi connectivity index (χ0n) is 13.6. The van der Waals surface area contributed by atoms with Crippen molar-refractivity contribution in [3.8, 4) is 12.0 Å². The number of thioether (sulfide) groups is 1. The summed E-state index contributed by atoms with van der Waals surface area (Å²) in [4.78, 5) is 9.25. The van der Waals surface area contributed by atoms with Gasteiger partial charge in [-0.1, -0.05) is 23.9 Å². The van der Waals surface area contributed by atoms with E-state index in [0.717, 1.165) is 28.1 Å². The van der Waals surface area contributed by atoms with Gasteiger partial charge in [-0.2, -0.15) is 10.4 Å². The number of rotatable bonds is 2. The first-order valence-electron chi connectivity index (χ1n) is 7.33. The molecule has 0 aliphatic rings. The van der Waals surface area contributed by atoms with Crippen LogP contribution >= 0.6 is 11.8 Å². The fourth-order valence-electron chi connectivity index (χ4n) is 2.47. The number of nitriles is 1. The number of benzene rings is 1. The van der Waals surface area contributed by atoms with Gasteiger partial charge in [0.05, 0.1) is 16.9 Å².